The Bertz CT molecular complexity index is 464. The van der Waals surface area contributed by atoms with Crippen LogP contribution in [0.1, 0.15) is 19.9 Å². The van der Waals surface area contributed by atoms with Crippen LogP contribution in [-0.2, 0) is 0 Å². The summed E-state index contributed by atoms with van der Waals surface area (Å²) < 4.78 is 2.62. The summed E-state index contributed by atoms with van der Waals surface area (Å²) in [6.45, 7) is 4.12. The van der Waals surface area contributed by atoms with Crippen molar-refractivity contribution < 1.29 is 0 Å². The van der Waals surface area contributed by atoms with E-state index in [4.69, 9.17) is 0 Å². The van der Waals surface area contributed by atoms with Crippen LogP contribution in [0.4, 0.5) is 0 Å². The molecule has 0 fully saturated rings. The van der Waals surface area contributed by atoms with Crippen molar-refractivity contribution in [2.75, 3.05) is 0 Å². The van der Waals surface area contributed by atoms with Crippen molar-refractivity contribution in [3.05, 3.63) is 29.0 Å². The monoisotopic (exact) mass is 266 g/mol. The van der Waals surface area contributed by atoms with Gasteiger partial charge in [-0.2, -0.15) is 0 Å². The molecule has 0 saturated carbocycles. The minimum Gasteiger partial charge on any atom is -0.249 e. The van der Waals surface area contributed by atoms with Crippen LogP contribution in [0.25, 0.3) is 11.4 Å². The van der Waals surface area contributed by atoms with E-state index in [2.05, 4.69) is 45.1 Å². The maximum Gasteiger partial charge on any atom is 0.131 e. The van der Waals surface area contributed by atoms with Crippen LogP contribution in [0.15, 0.2) is 29.0 Å². The molecule has 0 aromatic carbocycles. The van der Waals surface area contributed by atoms with Gasteiger partial charge in [0.1, 0.15) is 10.3 Å². The lowest BCUT2D eigenvalue weighted by Gasteiger charge is -2.01. The summed E-state index contributed by atoms with van der Waals surface area (Å²) in [4.78, 5) is 4.32. The highest BCUT2D eigenvalue weighted by molar-refractivity contribution is 9.10. The first-order chi connectivity index (χ1) is 7.16. The van der Waals surface area contributed by atoms with Crippen molar-refractivity contribution in [3.63, 3.8) is 0 Å². The molecule has 0 aliphatic heterocycles. The quantitative estimate of drug-likeness (QED) is 0.786. The van der Waals surface area contributed by atoms with Gasteiger partial charge in [-0.25, -0.2) is 9.67 Å². The maximum absolute atomic E-state index is 4.32. The first kappa shape index (κ1) is 10.3. The normalized spacial score (nSPS) is 10.9. The van der Waals surface area contributed by atoms with Crippen molar-refractivity contribution in [3.8, 4) is 11.4 Å². The van der Waals surface area contributed by atoms with Crippen molar-refractivity contribution >= 4 is 15.9 Å². The topological polar surface area (TPSA) is 43.6 Å². The van der Waals surface area contributed by atoms with Gasteiger partial charge in [-0.3, -0.25) is 0 Å². The lowest BCUT2D eigenvalue weighted by molar-refractivity contribution is 0.514. The lowest BCUT2D eigenvalue weighted by atomic mass is 10.3. The summed E-state index contributed by atoms with van der Waals surface area (Å²) in [7, 11) is 0. The van der Waals surface area contributed by atoms with E-state index >= 15 is 0 Å². The van der Waals surface area contributed by atoms with E-state index in [1.54, 1.807) is 0 Å². The predicted octanol–water partition coefficient (Wildman–Crippen LogP) is 2.68. The predicted molar refractivity (Wildman–Crippen MR) is 61.3 cm³/mol. The molecule has 2 aromatic rings. The number of rotatable bonds is 2. The molecular weight excluding hydrogens is 256 g/mol. The van der Waals surface area contributed by atoms with E-state index in [1.807, 2.05) is 29.1 Å². The van der Waals surface area contributed by atoms with Crippen LogP contribution in [0.2, 0.25) is 0 Å². The van der Waals surface area contributed by atoms with Crippen LogP contribution in [0.5, 0.6) is 0 Å². The van der Waals surface area contributed by atoms with Crippen LogP contribution < -0.4 is 0 Å². The zero-order chi connectivity index (χ0) is 10.8. The highest BCUT2D eigenvalue weighted by atomic mass is 79.9. The fourth-order valence-electron chi connectivity index (χ4n) is 1.20. The van der Waals surface area contributed by atoms with E-state index < -0.39 is 0 Å². The second-order valence-corrected chi connectivity index (χ2v) is 4.34. The lowest BCUT2D eigenvalue weighted by Crippen LogP contribution is -2.00. The number of hydrogen-bond acceptors (Lipinski definition) is 3. The Morgan fingerprint density at radius 2 is 2.07 bits per heavy atom. The molecule has 0 amide bonds. The molecule has 4 nitrogen and oxygen atoms in total. The Kier molecular flexibility index (Phi) is 2.81. The van der Waals surface area contributed by atoms with Gasteiger partial charge >= 0.3 is 0 Å². The number of aromatic nitrogens is 4. The van der Waals surface area contributed by atoms with Gasteiger partial charge in [0.15, 0.2) is 0 Å². The van der Waals surface area contributed by atoms with E-state index in [-0.39, 0.29) is 0 Å². The second kappa shape index (κ2) is 4.10. The largest absolute Gasteiger partial charge is 0.249 e. The van der Waals surface area contributed by atoms with E-state index in [9.17, 15) is 0 Å². The molecule has 5 heteroatoms. The summed E-state index contributed by atoms with van der Waals surface area (Å²) in [5, 5.41) is 8.11. The summed E-state index contributed by atoms with van der Waals surface area (Å²) in [5.74, 6) is 0. The highest BCUT2D eigenvalue weighted by Crippen LogP contribution is 2.17. The van der Waals surface area contributed by atoms with Gasteiger partial charge in [-0.05, 0) is 41.9 Å². The third-order valence-corrected chi connectivity index (χ3v) is 2.46. The van der Waals surface area contributed by atoms with E-state index in [0.29, 0.717) is 6.04 Å². The Hall–Kier alpha value is -1.23. The van der Waals surface area contributed by atoms with Crippen LogP contribution in [0.3, 0.4) is 0 Å². The zero-order valence-electron chi connectivity index (χ0n) is 8.55. The van der Waals surface area contributed by atoms with Crippen molar-refractivity contribution in [1.29, 1.82) is 0 Å². The van der Waals surface area contributed by atoms with Crippen LogP contribution >= 0.6 is 15.9 Å². The van der Waals surface area contributed by atoms with Crippen LogP contribution in [-0.4, -0.2) is 20.0 Å². The van der Waals surface area contributed by atoms with Gasteiger partial charge in [0, 0.05) is 6.04 Å². The molecule has 0 atom stereocenters. The summed E-state index contributed by atoms with van der Waals surface area (Å²) in [6, 6.07) is 6.05. The average Bonchev–Trinajstić information content (AvgIpc) is 2.66. The maximum atomic E-state index is 4.32. The molecule has 0 unspecified atom stereocenters. The molecule has 78 valence electrons. The standard InChI is InChI=1S/C10H11BrN4/c1-7(2)15-6-9(13-14-15)8-4-3-5-10(11)12-8/h3-7H,1-2H3. The number of pyridine rings is 1. The Morgan fingerprint density at radius 3 is 2.67 bits per heavy atom. The molecule has 0 aliphatic carbocycles. The minimum atomic E-state index is 0.318. The van der Waals surface area contributed by atoms with Gasteiger partial charge in [-0.15, -0.1) is 5.10 Å². The molecule has 0 radical (unpaired) electrons. The van der Waals surface area contributed by atoms with Crippen molar-refractivity contribution in [2.45, 2.75) is 19.9 Å². The summed E-state index contributed by atoms with van der Waals surface area (Å²) >= 11 is 3.33. The van der Waals surface area contributed by atoms with Gasteiger partial charge in [0.2, 0.25) is 0 Å². The molecular formula is C10H11BrN4. The molecule has 0 spiro atoms. The van der Waals surface area contributed by atoms with E-state index in [1.165, 1.54) is 0 Å². The number of hydrogen-bond donors (Lipinski definition) is 0. The minimum absolute atomic E-state index is 0.318. The van der Waals surface area contributed by atoms with Crippen molar-refractivity contribution in [1.82, 2.24) is 20.0 Å². The van der Waals surface area contributed by atoms with Gasteiger partial charge in [-0.1, -0.05) is 11.3 Å². The Morgan fingerprint density at radius 1 is 1.27 bits per heavy atom. The van der Waals surface area contributed by atoms with Crippen molar-refractivity contribution in [2.24, 2.45) is 0 Å². The number of nitrogens with zero attached hydrogens (tertiary/aromatic N) is 4. The molecule has 0 N–H and O–H groups in total. The molecule has 2 rings (SSSR count). The molecule has 2 aromatic heterocycles. The molecule has 2 heterocycles. The smallest absolute Gasteiger partial charge is 0.131 e. The SMILES string of the molecule is CC(C)n1cc(-c2cccc(Br)n2)nn1. The summed E-state index contributed by atoms with van der Waals surface area (Å²) in [6.07, 6.45) is 1.90. The molecule has 0 saturated heterocycles. The zero-order valence-corrected chi connectivity index (χ0v) is 10.1. The third kappa shape index (κ3) is 2.23. The Balaban J connectivity index is 2.37. The second-order valence-electron chi connectivity index (χ2n) is 3.52. The molecule has 0 aliphatic rings. The molecule has 0 bridgehead atoms. The number of halogens is 1. The molecule has 15 heavy (non-hydrogen) atoms. The fourth-order valence-corrected chi connectivity index (χ4v) is 1.54. The first-order valence-electron chi connectivity index (χ1n) is 4.71. The first-order valence-corrected chi connectivity index (χ1v) is 5.51. The average molecular weight is 267 g/mol. The summed E-state index contributed by atoms with van der Waals surface area (Å²) in [5.41, 5.74) is 1.63. The van der Waals surface area contributed by atoms with E-state index in [0.717, 1.165) is 16.0 Å². The van der Waals surface area contributed by atoms with Gasteiger partial charge in [0.05, 0.1) is 11.9 Å². The van der Waals surface area contributed by atoms with Gasteiger partial charge < -0.3 is 0 Å². The highest BCUT2D eigenvalue weighted by Gasteiger charge is 2.06. The van der Waals surface area contributed by atoms with Gasteiger partial charge in [0.25, 0.3) is 0 Å². The fraction of sp³-hybridized carbons (Fsp3) is 0.300. The Labute approximate surface area is 96.5 Å². The van der Waals surface area contributed by atoms with Crippen LogP contribution in [0, 0.1) is 0 Å². The third-order valence-electron chi connectivity index (χ3n) is 2.02.